The summed E-state index contributed by atoms with van der Waals surface area (Å²) in [6, 6.07) is 11.3. The summed E-state index contributed by atoms with van der Waals surface area (Å²) < 4.78 is 11.4. The molecule has 5 nitrogen and oxygen atoms in total. The minimum Gasteiger partial charge on any atom is -0.353 e. The number of aryl methyl sites for hydroxylation is 2. The molecule has 1 aromatic heterocycles. The van der Waals surface area contributed by atoms with Gasteiger partial charge in [-0.2, -0.15) is 0 Å². The molecule has 0 aliphatic carbocycles. The van der Waals surface area contributed by atoms with Crippen molar-refractivity contribution >= 4 is 11.7 Å². The maximum absolute atomic E-state index is 12.5. The molecule has 1 saturated heterocycles. The predicted octanol–water partition coefficient (Wildman–Crippen LogP) is 3.99. The number of hydrogen-bond donors (Lipinski definition) is 1. The number of anilines is 1. The number of hydrogen-bond acceptors (Lipinski definition) is 4. The van der Waals surface area contributed by atoms with Crippen LogP contribution in [0.5, 0.6) is 0 Å². The molecule has 25 heavy (non-hydrogen) atoms. The van der Waals surface area contributed by atoms with Crippen molar-refractivity contribution < 1.29 is 14.3 Å². The van der Waals surface area contributed by atoms with Crippen molar-refractivity contribution in [2.24, 2.45) is 0 Å². The molecule has 132 valence electrons. The van der Waals surface area contributed by atoms with Gasteiger partial charge in [-0.25, -0.2) is 4.98 Å². The lowest BCUT2D eigenvalue weighted by atomic mass is 10.1. The summed E-state index contributed by atoms with van der Waals surface area (Å²) in [7, 11) is 0. The summed E-state index contributed by atoms with van der Waals surface area (Å²) in [5.74, 6) is 0.396. The zero-order valence-electron chi connectivity index (χ0n) is 14.7. The van der Waals surface area contributed by atoms with Gasteiger partial charge >= 0.3 is 0 Å². The fourth-order valence-corrected chi connectivity index (χ4v) is 2.93. The first-order valence-corrected chi connectivity index (χ1v) is 8.69. The van der Waals surface area contributed by atoms with Gasteiger partial charge in [0.1, 0.15) is 5.82 Å². The lowest BCUT2D eigenvalue weighted by Gasteiger charge is -2.22. The molecule has 2 aromatic rings. The van der Waals surface area contributed by atoms with E-state index in [1.54, 1.807) is 6.07 Å². The number of pyridine rings is 1. The Kier molecular flexibility index (Phi) is 5.79. The van der Waals surface area contributed by atoms with Crippen molar-refractivity contribution in [3.63, 3.8) is 0 Å². The van der Waals surface area contributed by atoms with Crippen LogP contribution in [-0.4, -0.2) is 23.8 Å². The van der Waals surface area contributed by atoms with Crippen molar-refractivity contribution in [3.05, 3.63) is 58.8 Å². The van der Waals surface area contributed by atoms with Crippen LogP contribution in [-0.2, 0) is 16.1 Å². The van der Waals surface area contributed by atoms with Gasteiger partial charge in [-0.1, -0.05) is 12.1 Å². The molecular formula is C20H24N2O3. The molecule has 1 fully saturated rings. The molecule has 2 heterocycles. The summed E-state index contributed by atoms with van der Waals surface area (Å²) in [6.45, 7) is 5.09. The van der Waals surface area contributed by atoms with E-state index in [-0.39, 0.29) is 12.2 Å². The number of amides is 1. The second kappa shape index (κ2) is 8.23. The van der Waals surface area contributed by atoms with Crippen LogP contribution in [0.3, 0.4) is 0 Å². The SMILES string of the molecule is Cc1cc(C)nc(NC(=O)c2cccc(COC3CCCCO3)c2)c1. The highest BCUT2D eigenvalue weighted by Crippen LogP contribution is 2.17. The number of carbonyl (C=O) groups excluding carboxylic acids is 1. The normalized spacial score (nSPS) is 17.3. The Labute approximate surface area is 148 Å². The van der Waals surface area contributed by atoms with E-state index < -0.39 is 0 Å². The number of carbonyl (C=O) groups is 1. The number of benzene rings is 1. The number of nitrogens with one attached hydrogen (secondary N) is 1. The van der Waals surface area contributed by atoms with Crippen LogP contribution in [0.4, 0.5) is 5.82 Å². The summed E-state index contributed by atoms with van der Waals surface area (Å²) in [5.41, 5.74) is 3.49. The standard InChI is InChI=1S/C20H24N2O3/c1-14-10-15(2)21-18(11-14)22-20(23)17-7-5-6-16(12-17)13-25-19-8-3-4-9-24-19/h5-7,10-12,19H,3-4,8-9,13H2,1-2H3,(H,21,22,23). The molecule has 0 radical (unpaired) electrons. The third kappa shape index (κ3) is 5.11. The van der Waals surface area contributed by atoms with Crippen LogP contribution in [0.2, 0.25) is 0 Å². The Hall–Kier alpha value is -2.24. The second-order valence-electron chi connectivity index (χ2n) is 6.43. The van der Waals surface area contributed by atoms with E-state index in [2.05, 4.69) is 10.3 Å². The van der Waals surface area contributed by atoms with Gasteiger partial charge in [0.25, 0.3) is 5.91 Å². The second-order valence-corrected chi connectivity index (χ2v) is 6.43. The van der Waals surface area contributed by atoms with Gasteiger partial charge in [0, 0.05) is 17.9 Å². The molecule has 1 unspecified atom stereocenters. The highest BCUT2D eigenvalue weighted by atomic mass is 16.7. The molecule has 1 aliphatic heterocycles. The van der Waals surface area contributed by atoms with Crippen LogP contribution in [0, 0.1) is 13.8 Å². The van der Waals surface area contributed by atoms with Crippen molar-refractivity contribution in [1.82, 2.24) is 4.98 Å². The van der Waals surface area contributed by atoms with Crippen molar-refractivity contribution in [2.45, 2.75) is 46.0 Å². The van der Waals surface area contributed by atoms with Gasteiger partial charge in [-0.05, 0) is 68.5 Å². The van der Waals surface area contributed by atoms with E-state index in [1.165, 1.54) is 0 Å². The Morgan fingerprint density at radius 3 is 2.92 bits per heavy atom. The number of nitrogens with zero attached hydrogens (tertiary/aromatic N) is 1. The quantitative estimate of drug-likeness (QED) is 0.894. The van der Waals surface area contributed by atoms with E-state index >= 15 is 0 Å². The fraction of sp³-hybridized carbons (Fsp3) is 0.400. The number of aromatic nitrogens is 1. The molecule has 1 amide bonds. The molecule has 0 saturated carbocycles. The zero-order valence-corrected chi connectivity index (χ0v) is 14.7. The topological polar surface area (TPSA) is 60.5 Å². The zero-order chi connectivity index (χ0) is 17.6. The van der Waals surface area contributed by atoms with Crippen LogP contribution in [0.1, 0.15) is 46.4 Å². The van der Waals surface area contributed by atoms with Gasteiger partial charge in [0.2, 0.25) is 0 Å². The summed E-state index contributed by atoms with van der Waals surface area (Å²) in [6.07, 6.45) is 3.03. The molecule has 5 heteroatoms. The van der Waals surface area contributed by atoms with Crippen molar-refractivity contribution in [3.8, 4) is 0 Å². The number of ether oxygens (including phenoxy) is 2. The minimum absolute atomic E-state index is 0.134. The summed E-state index contributed by atoms with van der Waals surface area (Å²) >= 11 is 0. The Bertz CT molecular complexity index is 719. The van der Waals surface area contributed by atoms with Crippen LogP contribution in [0.15, 0.2) is 36.4 Å². The smallest absolute Gasteiger partial charge is 0.256 e. The monoisotopic (exact) mass is 340 g/mol. The lowest BCUT2D eigenvalue weighted by Crippen LogP contribution is -2.22. The highest BCUT2D eigenvalue weighted by molar-refractivity contribution is 6.03. The Morgan fingerprint density at radius 1 is 1.28 bits per heavy atom. The molecule has 0 bridgehead atoms. The van der Waals surface area contributed by atoms with Crippen LogP contribution < -0.4 is 5.32 Å². The first kappa shape index (κ1) is 17.6. The summed E-state index contributed by atoms with van der Waals surface area (Å²) in [4.78, 5) is 16.8. The maximum Gasteiger partial charge on any atom is 0.256 e. The van der Waals surface area contributed by atoms with Gasteiger partial charge in [0.05, 0.1) is 6.61 Å². The molecule has 1 aliphatic rings. The van der Waals surface area contributed by atoms with E-state index in [0.717, 1.165) is 42.7 Å². The maximum atomic E-state index is 12.5. The Balaban J connectivity index is 1.62. The molecule has 3 rings (SSSR count). The van der Waals surface area contributed by atoms with Gasteiger partial charge < -0.3 is 14.8 Å². The van der Waals surface area contributed by atoms with Gasteiger partial charge in [0.15, 0.2) is 6.29 Å². The first-order chi connectivity index (χ1) is 12.1. The average Bonchev–Trinajstić information content (AvgIpc) is 2.60. The number of rotatable bonds is 5. The predicted molar refractivity (Wildman–Crippen MR) is 96.5 cm³/mol. The largest absolute Gasteiger partial charge is 0.353 e. The Morgan fingerprint density at radius 2 is 2.16 bits per heavy atom. The van der Waals surface area contributed by atoms with E-state index in [4.69, 9.17) is 9.47 Å². The van der Waals surface area contributed by atoms with Crippen LogP contribution in [0.25, 0.3) is 0 Å². The van der Waals surface area contributed by atoms with Crippen molar-refractivity contribution in [2.75, 3.05) is 11.9 Å². The third-order valence-electron chi connectivity index (χ3n) is 4.10. The van der Waals surface area contributed by atoms with Crippen molar-refractivity contribution in [1.29, 1.82) is 0 Å². The third-order valence-corrected chi connectivity index (χ3v) is 4.10. The van der Waals surface area contributed by atoms with E-state index in [9.17, 15) is 4.79 Å². The molecule has 1 aromatic carbocycles. The van der Waals surface area contributed by atoms with Crippen LogP contribution >= 0.6 is 0 Å². The molecule has 0 spiro atoms. The minimum atomic E-state index is -0.173. The van der Waals surface area contributed by atoms with E-state index in [0.29, 0.717) is 18.0 Å². The summed E-state index contributed by atoms with van der Waals surface area (Å²) in [5, 5.41) is 2.86. The molecular weight excluding hydrogens is 316 g/mol. The van der Waals surface area contributed by atoms with E-state index in [1.807, 2.05) is 44.2 Å². The fourth-order valence-electron chi connectivity index (χ4n) is 2.93. The van der Waals surface area contributed by atoms with Gasteiger partial charge in [-0.15, -0.1) is 0 Å². The van der Waals surface area contributed by atoms with Gasteiger partial charge in [-0.3, -0.25) is 4.79 Å². The highest BCUT2D eigenvalue weighted by Gasteiger charge is 2.14. The first-order valence-electron chi connectivity index (χ1n) is 8.69. The molecule has 1 atom stereocenters. The lowest BCUT2D eigenvalue weighted by molar-refractivity contribution is -0.168. The average molecular weight is 340 g/mol. The molecule has 1 N–H and O–H groups in total.